The number of esters is 4. The molecular formula is C26H46N2O8. The smallest absolute Gasteiger partial charge is 0.303 e. The minimum Gasteiger partial charge on any atom is -0.450 e. The molecule has 36 heavy (non-hydrogen) atoms. The Morgan fingerprint density at radius 3 is 1.08 bits per heavy atom. The van der Waals surface area contributed by atoms with Gasteiger partial charge in [0, 0.05) is 40.8 Å². The second-order valence-electron chi connectivity index (χ2n) is 10.8. The van der Waals surface area contributed by atoms with E-state index in [0.29, 0.717) is 13.1 Å². The van der Waals surface area contributed by atoms with Crippen LogP contribution in [-0.2, 0) is 38.1 Å². The molecule has 1 aliphatic rings. The van der Waals surface area contributed by atoms with E-state index in [-0.39, 0.29) is 61.6 Å². The van der Waals surface area contributed by atoms with Crippen molar-refractivity contribution in [3.63, 3.8) is 0 Å². The van der Waals surface area contributed by atoms with Crippen molar-refractivity contribution in [2.24, 2.45) is 10.8 Å². The molecule has 0 aromatic heterocycles. The van der Waals surface area contributed by atoms with Gasteiger partial charge in [0.05, 0.1) is 0 Å². The van der Waals surface area contributed by atoms with E-state index < -0.39 is 0 Å². The topological polar surface area (TPSA) is 112 Å². The van der Waals surface area contributed by atoms with Crippen LogP contribution in [0.4, 0.5) is 0 Å². The lowest BCUT2D eigenvalue weighted by molar-refractivity contribution is -0.157. The fourth-order valence-electron chi connectivity index (χ4n) is 4.85. The Balaban J connectivity index is 2.87. The second kappa shape index (κ2) is 15.8. The van der Waals surface area contributed by atoms with Crippen LogP contribution >= 0.6 is 0 Å². The zero-order valence-corrected chi connectivity index (χ0v) is 23.1. The van der Waals surface area contributed by atoms with Crippen LogP contribution in [0.2, 0.25) is 0 Å². The van der Waals surface area contributed by atoms with Gasteiger partial charge in [-0.2, -0.15) is 0 Å². The van der Waals surface area contributed by atoms with Gasteiger partial charge >= 0.3 is 23.9 Å². The summed E-state index contributed by atoms with van der Waals surface area (Å²) in [6.07, 6.45) is 8.22. The molecule has 1 fully saturated rings. The third-order valence-electron chi connectivity index (χ3n) is 6.63. The summed E-state index contributed by atoms with van der Waals surface area (Å²) in [5.41, 5.74) is -0.0680. The first kappa shape index (κ1) is 31.8. The fraction of sp³-hybridized carbons (Fsp3) is 0.846. The Kier molecular flexibility index (Phi) is 14.0. The predicted octanol–water partition coefficient (Wildman–Crippen LogP) is 3.82. The molecular weight excluding hydrogens is 468 g/mol. The van der Waals surface area contributed by atoms with Crippen LogP contribution in [0.1, 0.15) is 92.9 Å². The molecule has 0 saturated heterocycles. The lowest BCUT2D eigenvalue weighted by Gasteiger charge is -2.39. The van der Waals surface area contributed by atoms with Crippen LogP contribution in [0.3, 0.4) is 0 Å². The van der Waals surface area contributed by atoms with Crippen LogP contribution < -0.4 is 0 Å². The molecule has 0 aromatic rings. The highest BCUT2D eigenvalue weighted by atomic mass is 16.6. The Bertz CT molecular complexity index is 637. The molecule has 0 bridgehead atoms. The maximum absolute atomic E-state index is 11.4. The normalized spacial score (nSPS) is 23.1. The highest BCUT2D eigenvalue weighted by Crippen LogP contribution is 2.39. The summed E-state index contributed by atoms with van der Waals surface area (Å²) in [5, 5.41) is 0. The molecule has 0 spiro atoms. The van der Waals surface area contributed by atoms with Gasteiger partial charge in [0.1, 0.15) is 26.9 Å². The molecule has 2 atom stereocenters. The van der Waals surface area contributed by atoms with Crippen LogP contribution in [-0.4, -0.2) is 73.7 Å². The third kappa shape index (κ3) is 14.4. The Hall–Kier alpha value is -2.20. The van der Waals surface area contributed by atoms with Crippen molar-refractivity contribution < 1.29 is 38.1 Å². The van der Waals surface area contributed by atoms with Crippen molar-refractivity contribution in [3.05, 3.63) is 0 Å². The lowest BCUT2D eigenvalue weighted by atomic mass is 9.73. The molecule has 0 N–H and O–H groups in total. The summed E-state index contributed by atoms with van der Waals surface area (Å²) in [4.78, 5) is 49.2. The van der Waals surface area contributed by atoms with Crippen molar-refractivity contribution >= 4 is 23.9 Å². The molecule has 10 heteroatoms. The monoisotopic (exact) mass is 514 g/mol. The molecule has 208 valence electrons. The van der Waals surface area contributed by atoms with Gasteiger partial charge in [0.2, 0.25) is 0 Å². The maximum atomic E-state index is 11.4. The van der Waals surface area contributed by atoms with Gasteiger partial charge in [-0.1, -0.05) is 39.5 Å². The maximum Gasteiger partial charge on any atom is 0.303 e. The van der Waals surface area contributed by atoms with E-state index in [0.717, 1.165) is 51.4 Å². The lowest BCUT2D eigenvalue weighted by Crippen LogP contribution is -2.41. The van der Waals surface area contributed by atoms with E-state index in [2.05, 4.69) is 13.8 Å². The van der Waals surface area contributed by atoms with E-state index >= 15 is 0 Å². The van der Waals surface area contributed by atoms with Gasteiger partial charge in [0.15, 0.2) is 0 Å². The molecule has 1 rings (SSSR count). The Labute approximate surface area is 215 Å². The van der Waals surface area contributed by atoms with Crippen molar-refractivity contribution in [2.75, 3.05) is 40.0 Å². The largest absolute Gasteiger partial charge is 0.450 e. The van der Waals surface area contributed by atoms with Gasteiger partial charge in [-0.05, 0) is 36.5 Å². The zero-order valence-electron chi connectivity index (χ0n) is 23.1. The van der Waals surface area contributed by atoms with Crippen LogP contribution in [0, 0.1) is 10.8 Å². The van der Waals surface area contributed by atoms with Gasteiger partial charge in [-0.15, -0.1) is 0 Å². The first-order valence-electron chi connectivity index (χ1n) is 12.8. The first-order valence-corrected chi connectivity index (χ1v) is 12.8. The highest BCUT2D eigenvalue weighted by molar-refractivity contribution is 5.66. The average Bonchev–Trinajstić information content (AvgIpc) is 2.76. The van der Waals surface area contributed by atoms with Crippen molar-refractivity contribution in [3.8, 4) is 0 Å². The van der Waals surface area contributed by atoms with E-state index in [1.54, 1.807) is 0 Å². The number of carbonyl (C=O) groups excluding carboxylic acids is 4. The molecule has 1 aliphatic carbocycles. The summed E-state index contributed by atoms with van der Waals surface area (Å²) in [7, 11) is 0. The van der Waals surface area contributed by atoms with Crippen molar-refractivity contribution in [1.29, 1.82) is 0 Å². The van der Waals surface area contributed by atoms with Crippen molar-refractivity contribution in [1.82, 2.24) is 9.80 Å². The molecule has 1 saturated carbocycles. The molecule has 0 heterocycles. The van der Waals surface area contributed by atoms with E-state index in [1.165, 1.54) is 27.7 Å². The van der Waals surface area contributed by atoms with Gasteiger partial charge in [-0.3, -0.25) is 19.2 Å². The number of hydrogen-bond acceptors (Lipinski definition) is 10. The Morgan fingerprint density at radius 2 is 0.806 bits per heavy atom. The highest BCUT2D eigenvalue weighted by Gasteiger charge is 2.32. The summed E-state index contributed by atoms with van der Waals surface area (Å²) in [6, 6.07) is 0. The first-order chi connectivity index (χ1) is 16.8. The summed E-state index contributed by atoms with van der Waals surface area (Å²) in [6.45, 7) is 11.6. The summed E-state index contributed by atoms with van der Waals surface area (Å²) in [5.74, 6) is -1.49. The molecule has 0 amide bonds. The van der Waals surface area contributed by atoms with Crippen molar-refractivity contribution in [2.45, 2.75) is 92.9 Å². The summed E-state index contributed by atoms with van der Waals surface area (Å²) < 4.78 is 20.8. The van der Waals surface area contributed by atoms with E-state index in [4.69, 9.17) is 18.9 Å². The third-order valence-corrected chi connectivity index (χ3v) is 6.63. The van der Waals surface area contributed by atoms with Gasteiger partial charge < -0.3 is 18.9 Å². The standard InChI is InChI=1S/C26H46N2O8/c1-21(29)33-17-27(18-34-22(2)30)15-25(5)11-8-7-9-12-26(6,14-10-13-25)16-28(19-35-23(3)31)20-36-24(4)32/h7-20H2,1-6H3. The van der Waals surface area contributed by atoms with E-state index in [1.807, 2.05) is 9.80 Å². The average molecular weight is 515 g/mol. The number of rotatable bonds is 12. The number of carbonyl (C=O) groups is 4. The SMILES string of the molecule is CC(=O)OCN(COC(C)=O)CC1(C)CCCCCC(C)(CN(COC(C)=O)COC(C)=O)CCC1. The quantitative estimate of drug-likeness (QED) is 0.216. The summed E-state index contributed by atoms with van der Waals surface area (Å²) >= 11 is 0. The van der Waals surface area contributed by atoms with Gasteiger partial charge in [-0.25, -0.2) is 9.80 Å². The molecule has 0 aromatic carbocycles. The fourth-order valence-corrected chi connectivity index (χ4v) is 4.85. The predicted molar refractivity (Wildman–Crippen MR) is 133 cm³/mol. The minimum absolute atomic E-state index is 0.0340. The second-order valence-corrected chi connectivity index (χ2v) is 10.8. The minimum atomic E-state index is -0.373. The van der Waals surface area contributed by atoms with Crippen LogP contribution in [0.5, 0.6) is 0 Å². The molecule has 2 unspecified atom stereocenters. The van der Waals surface area contributed by atoms with Crippen LogP contribution in [0.15, 0.2) is 0 Å². The number of hydrogen-bond donors (Lipinski definition) is 0. The molecule has 0 aliphatic heterocycles. The Morgan fingerprint density at radius 1 is 0.528 bits per heavy atom. The van der Waals surface area contributed by atoms with Gasteiger partial charge in [0.25, 0.3) is 0 Å². The number of nitrogens with zero attached hydrogens (tertiary/aromatic N) is 2. The van der Waals surface area contributed by atoms with Crippen LogP contribution in [0.25, 0.3) is 0 Å². The zero-order chi connectivity index (χ0) is 27.2. The number of ether oxygens (including phenoxy) is 4. The molecule has 10 nitrogen and oxygen atoms in total. The van der Waals surface area contributed by atoms with E-state index in [9.17, 15) is 19.2 Å². The molecule has 0 radical (unpaired) electrons.